The molecular weight excluding hydrogens is 338 g/mol. The van der Waals surface area contributed by atoms with Crippen LogP contribution in [0.1, 0.15) is 34.4 Å². The van der Waals surface area contributed by atoms with Gasteiger partial charge in [0.2, 0.25) is 5.91 Å². The van der Waals surface area contributed by atoms with Crippen molar-refractivity contribution in [3.05, 3.63) is 45.9 Å². The predicted molar refractivity (Wildman–Crippen MR) is 97.6 cm³/mol. The molecule has 0 saturated heterocycles. The Morgan fingerprint density at radius 1 is 1.44 bits per heavy atom. The quantitative estimate of drug-likeness (QED) is 0.878. The van der Waals surface area contributed by atoms with E-state index in [0.29, 0.717) is 11.4 Å². The van der Waals surface area contributed by atoms with Crippen LogP contribution in [0.4, 0.5) is 5.69 Å². The number of nitrogens with one attached hydrogen (secondary N) is 1. The fraction of sp³-hybridized carbons (Fsp3) is 0.294. The zero-order valence-electron chi connectivity index (χ0n) is 14.2. The summed E-state index contributed by atoms with van der Waals surface area (Å²) in [5.74, 6) is -0.178. The number of aliphatic imine (C=N–C) groups is 1. The Hall–Kier alpha value is -2.74. The second-order valence-corrected chi connectivity index (χ2v) is 7.22. The van der Waals surface area contributed by atoms with Crippen molar-refractivity contribution in [1.29, 1.82) is 0 Å². The summed E-state index contributed by atoms with van der Waals surface area (Å²) in [6, 6.07) is 7.29. The second-order valence-electron chi connectivity index (χ2n) is 6.16. The molecule has 7 nitrogen and oxygen atoms in total. The Morgan fingerprint density at radius 2 is 2.20 bits per heavy atom. The molecule has 8 heteroatoms. The maximum absolute atomic E-state index is 12.3. The summed E-state index contributed by atoms with van der Waals surface area (Å²) in [6.45, 7) is 3.71. The van der Waals surface area contributed by atoms with Gasteiger partial charge in [-0.25, -0.2) is 9.98 Å². The van der Waals surface area contributed by atoms with E-state index in [1.807, 2.05) is 32.0 Å². The molecule has 1 aliphatic rings. The van der Waals surface area contributed by atoms with Crippen LogP contribution < -0.4 is 11.1 Å². The van der Waals surface area contributed by atoms with Crippen LogP contribution in [-0.4, -0.2) is 34.7 Å². The first-order valence-corrected chi connectivity index (χ1v) is 8.62. The molecule has 130 valence electrons. The van der Waals surface area contributed by atoms with Gasteiger partial charge in [0.1, 0.15) is 5.69 Å². The highest BCUT2D eigenvalue weighted by Gasteiger charge is 2.36. The van der Waals surface area contributed by atoms with Gasteiger partial charge in [0.05, 0.1) is 17.0 Å². The number of aromatic nitrogens is 1. The lowest BCUT2D eigenvalue weighted by Crippen LogP contribution is -2.47. The topological polar surface area (TPSA) is 101 Å². The molecule has 25 heavy (non-hydrogen) atoms. The summed E-state index contributed by atoms with van der Waals surface area (Å²) in [7, 11) is 1.60. The number of carbonyl (C=O) groups excluding carboxylic acids is 2. The third kappa shape index (κ3) is 3.39. The molecule has 2 amide bonds. The van der Waals surface area contributed by atoms with E-state index < -0.39 is 5.54 Å². The number of nitrogens with zero attached hydrogens (tertiary/aromatic N) is 3. The van der Waals surface area contributed by atoms with Gasteiger partial charge < -0.3 is 11.1 Å². The summed E-state index contributed by atoms with van der Waals surface area (Å²) < 4.78 is 0. The highest BCUT2D eigenvalue weighted by atomic mass is 32.1. The maximum Gasteiger partial charge on any atom is 0.275 e. The van der Waals surface area contributed by atoms with Gasteiger partial charge in [0, 0.05) is 18.1 Å². The molecule has 0 radical (unpaired) electrons. The fourth-order valence-corrected chi connectivity index (χ4v) is 3.26. The first-order chi connectivity index (χ1) is 11.8. The molecule has 2 aromatic rings. The van der Waals surface area contributed by atoms with Gasteiger partial charge in [-0.15, -0.1) is 11.3 Å². The number of benzene rings is 1. The normalized spacial score (nSPS) is 20.4. The number of anilines is 1. The third-order valence-electron chi connectivity index (χ3n) is 4.17. The summed E-state index contributed by atoms with van der Waals surface area (Å²) in [6.07, 6.45) is 0.215. The number of aryl methyl sites for hydroxylation is 1. The second kappa shape index (κ2) is 6.29. The lowest BCUT2D eigenvalue weighted by atomic mass is 9.87. The van der Waals surface area contributed by atoms with Crippen LogP contribution in [0.2, 0.25) is 0 Å². The van der Waals surface area contributed by atoms with E-state index in [1.165, 1.54) is 16.2 Å². The molecule has 1 aromatic carbocycles. The molecule has 1 aliphatic heterocycles. The minimum atomic E-state index is -0.758. The molecule has 1 unspecified atom stereocenters. The minimum absolute atomic E-state index is 0.0950. The number of guanidine groups is 1. The molecule has 0 spiro atoms. The zero-order chi connectivity index (χ0) is 18.2. The van der Waals surface area contributed by atoms with Crippen molar-refractivity contribution in [1.82, 2.24) is 9.88 Å². The molecule has 0 bridgehead atoms. The monoisotopic (exact) mass is 357 g/mol. The molecule has 2 heterocycles. The van der Waals surface area contributed by atoms with Gasteiger partial charge in [-0.2, -0.15) is 0 Å². The first kappa shape index (κ1) is 17.1. The first-order valence-electron chi connectivity index (χ1n) is 7.74. The van der Waals surface area contributed by atoms with Crippen LogP contribution in [0.15, 0.2) is 34.6 Å². The summed E-state index contributed by atoms with van der Waals surface area (Å²) in [5.41, 5.74) is 6.91. The number of rotatable bonds is 3. The Bertz CT molecular complexity index is 875. The van der Waals surface area contributed by atoms with Crippen LogP contribution in [0.5, 0.6) is 0 Å². The summed E-state index contributed by atoms with van der Waals surface area (Å²) in [5, 5.41) is 5.38. The standard InChI is InChI=1S/C17H19N5O2S/c1-10-19-13(9-25-10)15(24)20-12-6-4-5-11(7-12)17(2)8-14(23)22(3)16(18)21-17/h4-7,9H,8H2,1-3H3,(H2,18,21)(H,20,24). The Morgan fingerprint density at radius 3 is 2.84 bits per heavy atom. The molecular formula is C17H19N5O2S. The van der Waals surface area contributed by atoms with E-state index >= 15 is 0 Å². The van der Waals surface area contributed by atoms with E-state index in [9.17, 15) is 9.59 Å². The van der Waals surface area contributed by atoms with Crippen molar-refractivity contribution in [2.24, 2.45) is 10.7 Å². The lowest BCUT2D eigenvalue weighted by molar-refractivity contribution is -0.128. The van der Waals surface area contributed by atoms with Crippen LogP contribution in [0.3, 0.4) is 0 Å². The average molecular weight is 357 g/mol. The summed E-state index contributed by atoms with van der Waals surface area (Å²) >= 11 is 1.42. The third-order valence-corrected chi connectivity index (χ3v) is 4.94. The SMILES string of the molecule is Cc1nc(C(=O)Nc2cccc(C3(C)CC(=O)N(C)C(N)=N3)c2)cs1. The fourth-order valence-electron chi connectivity index (χ4n) is 2.67. The molecule has 3 rings (SSSR count). The Balaban J connectivity index is 1.87. The van der Waals surface area contributed by atoms with Crippen LogP contribution in [0, 0.1) is 6.92 Å². The van der Waals surface area contributed by atoms with Crippen LogP contribution in [-0.2, 0) is 10.3 Å². The summed E-state index contributed by atoms with van der Waals surface area (Å²) in [4.78, 5) is 34.4. The van der Waals surface area contributed by atoms with Crippen molar-refractivity contribution in [3.63, 3.8) is 0 Å². The highest BCUT2D eigenvalue weighted by molar-refractivity contribution is 7.09. The average Bonchev–Trinajstić information content (AvgIpc) is 2.99. The van der Waals surface area contributed by atoms with Crippen molar-refractivity contribution in [2.45, 2.75) is 25.8 Å². The van der Waals surface area contributed by atoms with Crippen molar-refractivity contribution in [3.8, 4) is 0 Å². The molecule has 3 N–H and O–H groups in total. The largest absolute Gasteiger partial charge is 0.369 e. The number of nitrogens with two attached hydrogens (primary N) is 1. The van der Waals surface area contributed by atoms with Crippen molar-refractivity contribution >= 4 is 34.8 Å². The highest BCUT2D eigenvalue weighted by Crippen LogP contribution is 2.34. The van der Waals surface area contributed by atoms with Gasteiger partial charge in [0.15, 0.2) is 5.96 Å². The van der Waals surface area contributed by atoms with Crippen molar-refractivity contribution < 1.29 is 9.59 Å². The zero-order valence-corrected chi connectivity index (χ0v) is 15.1. The van der Waals surface area contributed by atoms with E-state index in [-0.39, 0.29) is 24.2 Å². The number of carbonyl (C=O) groups is 2. The van der Waals surface area contributed by atoms with E-state index in [2.05, 4.69) is 15.3 Å². The van der Waals surface area contributed by atoms with Crippen molar-refractivity contribution in [2.75, 3.05) is 12.4 Å². The number of thiazole rings is 1. The van der Waals surface area contributed by atoms with E-state index in [0.717, 1.165) is 10.6 Å². The molecule has 0 saturated carbocycles. The lowest BCUT2D eigenvalue weighted by Gasteiger charge is -2.33. The molecule has 1 aromatic heterocycles. The molecule has 1 atom stereocenters. The van der Waals surface area contributed by atoms with E-state index in [4.69, 9.17) is 5.73 Å². The molecule has 0 aliphatic carbocycles. The number of hydrogen-bond acceptors (Lipinski definition) is 6. The predicted octanol–water partition coefficient (Wildman–Crippen LogP) is 2.10. The van der Waals surface area contributed by atoms with Gasteiger partial charge in [0.25, 0.3) is 5.91 Å². The van der Waals surface area contributed by atoms with Gasteiger partial charge in [-0.1, -0.05) is 12.1 Å². The van der Waals surface area contributed by atoms with E-state index in [1.54, 1.807) is 18.5 Å². The van der Waals surface area contributed by atoms with Gasteiger partial charge in [-0.3, -0.25) is 14.5 Å². The maximum atomic E-state index is 12.3. The van der Waals surface area contributed by atoms with Gasteiger partial charge >= 0.3 is 0 Å². The van der Waals surface area contributed by atoms with Crippen LogP contribution in [0.25, 0.3) is 0 Å². The number of amides is 2. The Kier molecular flexibility index (Phi) is 4.30. The molecule has 0 fully saturated rings. The van der Waals surface area contributed by atoms with Gasteiger partial charge in [-0.05, 0) is 31.5 Å². The number of hydrogen-bond donors (Lipinski definition) is 2. The smallest absolute Gasteiger partial charge is 0.275 e. The van der Waals surface area contributed by atoms with Crippen LogP contribution >= 0.6 is 11.3 Å². The minimum Gasteiger partial charge on any atom is -0.369 e. The Labute approximate surface area is 149 Å².